The van der Waals surface area contributed by atoms with Gasteiger partial charge in [-0.2, -0.15) is 0 Å². The van der Waals surface area contributed by atoms with Crippen LogP contribution < -0.4 is 5.32 Å². The Morgan fingerprint density at radius 3 is 2.50 bits per heavy atom. The fourth-order valence-corrected chi connectivity index (χ4v) is 1.36. The molecule has 0 spiro atoms. The van der Waals surface area contributed by atoms with Crippen molar-refractivity contribution in [2.75, 3.05) is 6.54 Å². The molecule has 0 amide bonds. The molecule has 80 valence electrons. The zero-order valence-electron chi connectivity index (χ0n) is 9.35. The number of hydrogen-bond donors (Lipinski definition) is 2. The van der Waals surface area contributed by atoms with Gasteiger partial charge in [-0.3, -0.25) is 0 Å². The number of hydrogen-bond acceptors (Lipinski definition) is 3. The first kappa shape index (κ1) is 11.3. The van der Waals surface area contributed by atoms with E-state index in [-0.39, 0.29) is 0 Å². The fourth-order valence-electron chi connectivity index (χ4n) is 1.36. The normalized spacial score (nSPS) is 12.1. The van der Waals surface area contributed by atoms with E-state index >= 15 is 0 Å². The summed E-state index contributed by atoms with van der Waals surface area (Å²) in [4.78, 5) is 0. The molecule has 0 saturated heterocycles. The van der Waals surface area contributed by atoms with Crippen molar-refractivity contribution in [1.29, 1.82) is 0 Å². The SMILES string of the molecule is Cc1cc(CNCC(C)(C)O)c(C)o1. The van der Waals surface area contributed by atoms with Gasteiger partial charge in [0, 0.05) is 18.7 Å². The maximum absolute atomic E-state index is 9.48. The maximum Gasteiger partial charge on any atom is 0.105 e. The summed E-state index contributed by atoms with van der Waals surface area (Å²) in [7, 11) is 0. The van der Waals surface area contributed by atoms with Crippen LogP contribution in [0.1, 0.15) is 30.9 Å². The average Bonchev–Trinajstić information content (AvgIpc) is 2.27. The highest BCUT2D eigenvalue weighted by molar-refractivity contribution is 5.19. The van der Waals surface area contributed by atoms with Gasteiger partial charge in [-0.15, -0.1) is 0 Å². The molecule has 0 aliphatic rings. The standard InChI is InChI=1S/C11H19NO2/c1-8-5-10(9(2)14-8)6-12-7-11(3,4)13/h5,12-13H,6-7H2,1-4H3. The van der Waals surface area contributed by atoms with Crippen LogP contribution in [-0.2, 0) is 6.54 Å². The number of nitrogens with one attached hydrogen (secondary N) is 1. The monoisotopic (exact) mass is 197 g/mol. The number of furan rings is 1. The van der Waals surface area contributed by atoms with Crippen LogP contribution >= 0.6 is 0 Å². The molecular formula is C11H19NO2. The van der Waals surface area contributed by atoms with E-state index in [1.807, 2.05) is 19.9 Å². The molecular weight excluding hydrogens is 178 g/mol. The summed E-state index contributed by atoms with van der Waals surface area (Å²) >= 11 is 0. The van der Waals surface area contributed by atoms with Crippen LogP contribution in [0.3, 0.4) is 0 Å². The molecule has 0 aromatic carbocycles. The van der Waals surface area contributed by atoms with Gasteiger partial charge in [0.15, 0.2) is 0 Å². The Morgan fingerprint density at radius 1 is 1.43 bits per heavy atom. The lowest BCUT2D eigenvalue weighted by molar-refractivity contribution is 0.0794. The van der Waals surface area contributed by atoms with Gasteiger partial charge in [0.25, 0.3) is 0 Å². The van der Waals surface area contributed by atoms with Crippen LogP contribution in [0.4, 0.5) is 0 Å². The second-order valence-electron chi connectivity index (χ2n) is 4.35. The van der Waals surface area contributed by atoms with E-state index in [1.54, 1.807) is 13.8 Å². The molecule has 14 heavy (non-hydrogen) atoms. The van der Waals surface area contributed by atoms with Crippen LogP contribution in [-0.4, -0.2) is 17.3 Å². The van der Waals surface area contributed by atoms with Crippen molar-refractivity contribution in [2.45, 2.75) is 39.8 Å². The Bertz CT molecular complexity index is 297. The molecule has 0 fully saturated rings. The summed E-state index contributed by atoms with van der Waals surface area (Å²) in [5, 5.41) is 12.7. The van der Waals surface area contributed by atoms with Crippen molar-refractivity contribution >= 4 is 0 Å². The van der Waals surface area contributed by atoms with Gasteiger partial charge in [-0.25, -0.2) is 0 Å². The van der Waals surface area contributed by atoms with Gasteiger partial charge in [0.1, 0.15) is 11.5 Å². The Balaban J connectivity index is 2.42. The van der Waals surface area contributed by atoms with Crippen molar-refractivity contribution in [3.63, 3.8) is 0 Å². The van der Waals surface area contributed by atoms with E-state index in [0.717, 1.165) is 23.6 Å². The minimum atomic E-state index is -0.660. The van der Waals surface area contributed by atoms with Gasteiger partial charge < -0.3 is 14.8 Å². The van der Waals surface area contributed by atoms with Gasteiger partial charge in [0.05, 0.1) is 5.60 Å². The zero-order valence-corrected chi connectivity index (χ0v) is 9.35. The van der Waals surface area contributed by atoms with E-state index < -0.39 is 5.60 Å². The third-order valence-electron chi connectivity index (χ3n) is 2.02. The van der Waals surface area contributed by atoms with Crippen molar-refractivity contribution in [1.82, 2.24) is 5.32 Å². The highest BCUT2D eigenvalue weighted by atomic mass is 16.3. The predicted molar refractivity (Wildman–Crippen MR) is 56.2 cm³/mol. The van der Waals surface area contributed by atoms with E-state index in [9.17, 15) is 5.11 Å². The van der Waals surface area contributed by atoms with E-state index in [1.165, 1.54) is 0 Å². The van der Waals surface area contributed by atoms with Crippen LogP contribution in [0.5, 0.6) is 0 Å². The van der Waals surface area contributed by atoms with Crippen molar-refractivity contribution in [2.24, 2.45) is 0 Å². The third-order valence-corrected chi connectivity index (χ3v) is 2.02. The minimum Gasteiger partial charge on any atom is -0.466 e. The summed E-state index contributed by atoms with van der Waals surface area (Å²) in [6.45, 7) is 8.78. The lowest BCUT2D eigenvalue weighted by Crippen LogP contribution is -2.34. The second-order valence-corrected chi connectivity index (χ2v) is 4.35. The van der Waals surface area contributed by atoms with Crippen molar-refractivity contribution in [3.8, 4) is 0 Å². The number of aryl methyl sites for hydroxylation is 2. The summed E-state index contributed by atoms with van der Waals surface area (Å²) in [5.41, 5.74) is 0.499. The highest BCUT2D eigenvalue weighted by Crippen LogP contribution is 2.13. The van der Waals surface area contributed by atoms with Crippen LogP contribution in [0.25, 0.3) is 0 Å². The molecule has 1 aromatic rings. The van der Waals surface area contributed by atoms with E-state index in [2.05, 4.69) is 5.32 Å². The average molecular weight is 197 g/mol. The summed E-state index contributed by atoms with van der Waals surface area (Å²) in [6.07, 6.45) is 0. The van der Waals surface area contributed by atoms with Gasteiger partial charge in [-0.05, 0) is 33.8 Å². The van der Waals surface area contributed by atoms with Gasteiger partial charge in [-0.1, -0.05) is 0 Å². The second kappa shape index (κ2) is 4.15. The fraction of sp³-hybridized carbons (Fsp3) is 0.636. The number of aliphatic hydroxyl groups is 1. The molecule has 1 rings (SSSR count). The van der Waals surface area contributed by atoms with E-state index in [4.69, 9.17) is 4.42 Å². The van der Waals surface area contributed by atoms with Gasteiger partial charge in [0.2, 0.25) is 0 Å². The van der Waals surface area contributed by atoms with Crippen LogP contribution in [0, 0.1) is 13.8 Å². The summed E-state index contributed by atoms with van der Waals surface area (Å²) in [5.74, 6) is 1.88. The third kappa shape index (κ3) is 3.52. The first-order chi connectivity index (χ1) is 6.38. The summed E-state index contributed by atoms with van der Waals surface area (Å²) < 4.78 is 5.39. The Hall–Kier alpha value is -0.800. The molecule has 0 unspecified atom stereocenters. The summed E-state index contributed by atoms with van der Waals surface area (Å²) in [6, 6.07) is 2.02. The van der Waals surface area contributed by atoms with Crippen molar-refractivity contribution in [3.05, 3.63) is 23.2 Å². The predicted octanol–water partition coefficient (Wildman–Crippen LogP) is 1.76. The zero-order chi connectivity index (χ0) is 10.8. The van der Waals surface area contributed by atoms with E-state index in [0.29, 0.717) is 6.54 Å². The quantitative estimate of drug-likeness (QED) is 0.773. The molecule has 1 heterocycles. The first-order valence-corrected chi connectivity index (χ1v) is 4.87. The molecule has 2 N–H and O–H groups in total. The largest absolute Gasteiger partial charge is 0.466 e. The van der Waals surface area contributed by atoms with Crippen LogP contribution in [0.2, 0.25) is 0 Å². The molecule has 0 bridgehead atoms. The molecule has 0 aliphatic carbocycles. The molecule has 0 atom stereocenters. The molecule has 3 heteroatoms. The van der Waals surface area contributed by atoms with Gasteiger partial charge >= 0.3 is 0 Å². The Morgan fingerprint density at radius 2 is 2.07 bits per heavy atom. The van der Waals surface area contributed by atoms with Crippen LogP contribution in [0.15, 0.2) is 10.5 Å². The lowest BCUT2D eigenvalue weighted by Gasteiger charge is -2.17. The molecule has 0 saturated carbocycles. The molecule has 1 aromatic heterocycles. The first-order valence-electron chi connectivity index (χ1n) is 4.87. The minimum absolute atomic E-state index is 0.580. The molecule has 0 radical (unpaired) electrons. The number of rotatable bonds is 4. The Kier molecular flexibility index (Phi) is 3.34. The van der Waals surface area contributed by atoms with Crippen molar-refractivity contribution < 1.29 is 9.52 Å². The topological polar surface area (TPSA) is 45.4 Å². The molecule has 3 nitrogen and oxygen atoms in total. The smallest absolute Gasteiger partial charge is 0.105 e. The lowest BCUT2D eigenvalue weighted by atomic mass is 10.1. The maximum atomic E-state index is 9.48. The Labute approximate surface area is 85.1 Å². The highest BCUT2D eigenvalue weighted by Gasteiger charge is 2.12. The molecule has 0 aliphatic heterocycles.